The number of thioether (sulfide) groups is 1. The van der Waals surface area contributed by atoms with Crippen LogP contribution in [0.3, 0.4) is 0 Å². The third-order valence-electron chi connectivity index (χ3n) is 4.10. The second-order valence-electron chi connectivity index (χ2n) is 6.22. The van der Waals surface area contributed by atoms with E-state index >= 15 is 0 Å². The van der Waals surface area contributed by atoms with Crippen LogP contribution in [0.15, 0.2) is 66.1 Å². The first-order valence-corrected chi connectivity index (χ1v) is 9.75. The van der Waals surface area contributed by atoms with Crippen LogP contribution in [0.5, 0.6) is 0 Å². The van der Waals surface area contributed by atoms with Crippen LogP contribution in [-0.2, 0) is 9.59 Å². The van der Waals surface area contributed by atoms with E-state index in [2.05, 4.69) is 20.7 Å². The van der Waals surface area contributed by atoms with Gasteiger partial charge in [0.25, 0.3) is 0 Å². The van der Waals surface area contributed by atoms with E-state index in [0.29, 0.717) is 17.1 Å². The Morgan fingerprint density at radius 1 is 1.07 bits per heavy atom. The minimum absolute atomic E-state index is 0.0788. The maximum atomic E-state index is 12.2. The largest absolute Gasteiger partial charge is 0.325 e. The van der Waals surface area contributed by atoms with Gasteiger partial charge in [0.1, 0.15) is 18.7 Å². The van der Waals surface area contributed by atoms with Crippen LogP contribution < -0.4 is 10.6 Å². The molecule has 0 spiro atoms. The number of hydrogen-bond acceptors (Lipinski definition) is 5. The van der Waals surface area contributed by atoms with Crippen molar-refractivity contribution in [3.8, 4) is 0 Å². The number of hydrogen-bond donors (Lipinski definition) is 2. The summed E-state index contributed by atoms with van der Waals surface area (Å²) in [4.78, 5) is 29.3. The lowest BCUT2D eigenvalue weighted by atomic mass is 10.2. The van der Waals surface area contributed by atoms with E-state index < -0.39 is 6.04 Å². The van der Waals surface area contributed by atoms with E-state index in [1.54, 1.807) is 31.2 Å². The summed E-state index contributed by atoms with van der Waals surface area (Å²) in [5.74, 6) is 0.0560. The van der Waals surface area contributed by atoms with Gasteiger partial charge in [-0.3, -0.25) is 9.59 Å². The lowest BCUT2D eigenvalue weighted by molar-refractivity contribution is -0.119. The monoisotopic (exact) mass is 395 g/mol. The Balaban J connectivity index is 1.50. The minimum atomic E-state index is -0.472. The summed E-state index contributed by atoms with van der Waals surface area (Å²) in [6, 6.07) is 14.5. The molecule has 0 unspecified atom stereocenters. The predicted molar refractivity (Wildman–Crippen MR) is 110 cm³/mol. The Morgan fingerprint density at radius 3 is 2.39 bits per heavy atom. The van der Waals surface area contributed by atoms with Crippen LogP contribution in [0.25, 0.3) is 0 Å². The third-order valence-corrected chi connectivity index (χ3v) is 5.28. The molecular weight excluding hydrogens is 374 g/mol. The number of rotatable bonds is 7. The van der Waals surface area contributed by atoms with Crippen molar-refractivity contribution in [2.45, 2.75) is 24.8 Å². The van der Waals surface area contributed by atoms with Gasteiger partial charge >= 0.3 is 0 Å². The van der Waals surface area contributed by atoms with Gasteiger partial charge in [-0.15, -0.1) is 11.8 Å². The molecule has 8 heteroatoms. The fourth-order valence-corrected chi connectivity index (χ4v) is 3.31. The number of carbonyl (C=O) groups is 2. The average Bonchev–Trinajstić information content (AvgIpc) is 3.23. The van der Waals surface area contributed by atoms with Crippen LogP contribution in [0.2, 0.25) is 0 Å². The topological polar surface area (TPSA) is 88.9 Å². The molecule has 0 saturated carbocycles. The Hall–Kier alpha value is -3.13. The van der Waals surface area contributed by atoms with Crippen molar-refractivity contribution in [3.05, 3.63) is 66.7 Å². The highest BCUT2D eigenvalue weighted by Gasteiger charge is 2.15. The van der Waals surface area contributed by atoms with Gasteiger partial charge in [-0.1, -0.05) is 18.2 Å². The van der Waals surface area contributed by atoms with Crippen molar-refractivity contribution in [2.75, 3.05) is 16.4 Å². The van der Waals surface area contributed by atoms with Gasteiger partial charge < -0.3 is 10.6 Å². The molecule has 0 radical (unpaired) electrons. The van der Waals surface area contributed by atoms with Crippen molar-refractivity contribution in [3.63, 3.8) is 0 Å². The fraction of sp³-hybridized carbons (Fsp3) is 0.200. The summed E-state index contributed by atoms with van der Waals surface area (Å²) in [6.45, 7) is 3.77. The van der Waals surface area contributed by atoms with Crippen molar-refractivity contribution in [2.24, 2.45) is 0 Å². The first-order valence-electron chi connectivity index (χ1n) is 8.76. The molecule has 0 saturated heterocycles. The number of nitrogens with one attached hydrogen (secondary N) is 2. The molecule has 0 aliphatic rings. The molecule has 0 aliphatic heterocycles. The van der Waals surface area contributed by atoms with Crippen LogP contribution in [0, 0.1) is 6.92 Å². The fourth-order valence-electron chi connectivity index (χ4n) is 2.48. The number of aromatic nitrogens is 3. The summed E-state index contributed by atoms with van der Waals surface area (Å²) in [5, 5.41) is 9.65. The second-order valence-corrected chi connectivity index (χ2v) is 7.24. The lowest BCUT2D eigenvalue weighted by Crippen LogP contribution is -2.24. The van der Waals surface area contributed by atoms with Crippen molar-refractivity contribution < 1.29 is 9.59 Å². The molecule has 2 aromatic carbocycles. The summed E-state index contributed by atoms with van der Waals surface area (Å²) in [5.41, 5.74) is 2.47. The molecule has 2 amide bonds. The quantitative estimate of drug-likeness (QED) is 0.598. The summed E-state index contributed by atoms with van der Waals surface area (Å²) in [6.07, 6.45) is 2.89. The molecule has 1 atom stereocenters. The summed E-state index contributed by atoms with van der Waals surface area (Å²) in [7, 11) is 0. The van der Waals surface area contributed by atoms with Gasteiger partial charge in [-0.2, -0.15) is 5.10 Å². The standard InChI is InChI=1S/C20H21N5O2S/c1-14-5-3-4-6-18(14)28-11-19(26)23-16-7-9-17(10-8-16)24-20(27)15(2)25-13-21-12-22-25/h3-10,12-13,15H,11H2,1-2H3,(H,23,26)(H,24,27)/t15-/m1/s1. The van der Waals surface area contributed by atoms with Crippen LogP contribution >= 0.6 is 11.8 Å². The third kappa shape index (κ3) is 5.20. The number of aryl methyl sites for hydroxylation is 1. The Morgan fingerprint density at radius 2 is 1.75 bits per heavy atom. The van der Waals surface area contributed by atoms with E-state index in [-0.39, 0.29) is 11.8 Å². The van der Waals surface area contributed by atoms with Gasteiger partial charge in [-0.05, 0) is 49.7 Å². The molecule has 1 aromatic heterocycles. The predicted octanol–water partition coefficient (Wildman–Crippen LogP) is 3.52. The normalized spacial score (nSPS) is 11.6. The zero-order chi connectivity index (χ0) is 19.9. The van der Waals surface area contributed by atoms with Crippen LogP contribution in [0.1, 0.15) is 18.5 Å². The van der Waals surface area contributed by atoms with Crippen LogP contribution in [-0.4, -0.2) is 32.3 Å². The number of carbonyl (C=O) groups excluding carboxylic acids is 2. The SMILES string of the molecule is Cc1ccccc1SCC(=O)Nc1ccc(NC(=O)[C@@H](C)n2cncn2)cc1. The van der Waals surface area contributed by atoms with Gasteiger partial charge in [0.15, 0.2) is 0 Å². The smallest absolute Gasteiger partial charge is 0.249 e. The van der Waals surface area contributed by atoms with E-state index in [0.717, 1.165) is 10.5 Å². The first-order chi connectivity index (χ1) is 13.5. The number of amides is 2. The first kappa shape index (κ1) is 19.6. The van der Waals surface area contributed by atoms with Crippen LogP contribution in [0.4, 0.5) is 11.4 Å². The van der Waals surface area contributed by atoms with Crippen molar-refractivity contribution in [1.82, 2.24) is 14.8 Å². The molecule has 0 bridgehead atoms. The van der Waals surface area contributed by atoms with E-state index in [4.69, 9.17) is 0 Å². The number of anilines is 2. The van der Waals surface area contributed by atoms with Gasteiger partial charge in [0.2, 0.25) is 11.8 Å². The Kier molecular flexibility index (Phi) is 6.44. The van der Waals surface area contributed by atoms with Gasteiger partial charge in [0, 0.05) is 16.3 Å². The summed E-state index contributed by atoms with van der Waals surface area (Å²) < 4.78 is 1.48. The van der Waals surface area contributed by atoms with Crippen molar-refractivity contribution >= 4 is 35.0 Å². The minimum Gasteiger partial charge on any atom is -0.325 e. The maximum Gasteiger partial charge on any atom is 0.249 e. The molecule has 3 aromatic rings. The molecule has 28 heavy (non-hydrogen) atoms. The highest BCUT2D eigenvalue weighted by molar-refractivity contribution is 8.00. The Bertz CT molecular complexity index is 941. The Labute approximate surface area is 167 Å². The summed E-state index contributed by atoms with van der Waals surface area (Å²) >= 11 is 1.51. The molecular formula is C20H21N5O2S. The molecule has 7 nitrogen and oxygen atoms in total. The highest BCUT2D eigenvalue weighted by Crippen LogP contribution is 2.22. The molecule has 1 heterocycles. The molecule has 144 valence electrons. The van der Waals surface area contributed by atoms with E-state index in [9.17, 15) is 9.59 Å². The van der Waals surface area contributed by atoms with Gasteiger partial charge in [-0.25, -0.2) is 9.67 Å². The average molecular weight is 395 g/mol. The zero-order valence-electron chi connectivity index (χ0n) is 15.6. The van der Waals surface area contributed by atoms with Crippen molar-refractivity contribution in [1.29, 1.82) is 0 Å². The second kappa shape index (κ2) is 9.18. The van der Waals surface area contributed by atoms with E-state index in [1.165, 1.54) is 29.1 Å². The maximum absolute atomic E-state index is 12.2. The van der Waals surface area contributed by atoms with E-state index in [1.807, 2.05) is 31.2 Å². The van der Waals surface area contributed by atoms with Gasteiger partial charge in [0.05, 0.1) is 5.75 Å². The lowest BCUT2D eigenvalue weighted by Gasteiger charge is -2.12. The highest BCUT2D eigenvalue weighted by atomic mass is 32.2. The molecule has 3 rings (SSSR count). The zero-order valence-corrected chi connectivity index (χ0v) is 16.4. The molecule has 0 aliphatic carbocycles. The number of benzene rings is 2. The molecule has 2 N–H and O–H groups in total. The molecule has 0 fully saturated rings. The number of nitrogens with zero attached hydrogens (tertiary/aromatic N) is 3.